The van der Waals surface area contributed by atoms with E-state index in [2.05, 4.69) is 24.4 Å². The van der Waals surface area contributed by atoms with Crippen LogP contribution in [-0.2, 0) is 0 Å². The molecule has 0 amide bonds. The fraction of sp³-hybridized carbons (Fsp3) is 0.538. The predicted octanol–water partition coefficient (Wildman–Crippen LogP) is 2.80. The fourth-order valence-electron chi connectivity index (χ4n) is 1.80. The molecule has 0 saturated carbocycles. The third kappa shape index (κ3) is 3.56. The van der Waals surface area contributed by atoms with Gasteiger partial charge in [0.25, 0.3) is 0 Å². The molecular formula is C13H21NO. The third-order valence-corrected chi connectivity index (χ3v) is 2.82. The Morgan fingerprint density at radius 2 is 1.93 bits per heavy atom. The maximum atomic E-state index is 5.15. The van der Waals surface area contributed by atoms with E-state index in [0.717, 1.165) is 12.3 Å². The number of hydrogen-bond acceptors (Lipinski definition) is 2. The Labute approximate surface area is 92.6 Å². The van der Waals surface area contributed by atoms with Gasteiger partial charge in [-0.2, -0.15) is 0 Å². The molecule has 0 fully saturated rings. The van der Waals surface area contributed by atoms with Crippen molar-refractivity contribution in [1.29, 1.82) is 0 Å². The van der Waals surface area contributed by atoms with Crippen molar-refractivity contribution >= 4 is 0 Å². The van der Waals surface area contributed by atoms with Gasteiger partial charge in [-0.1, -0.05) is 19.1 Å². The van der Waals surface area contributed by atoms with Gasteiger partial charge in [0.15, 0.2) is 0 Å². The zero-order valence-corrected chi connectivity index (χ0v) is 9.92. The second-order valence-corrected chi connectivity index (χ2v) is 3.77. The first kappa shape index (κ1) is 12.1. The van der Waals surface area contributed by atoms with E-state index in [-0.39, 0.29) is 0 Å². The molecule has 0 saturated heterocycles. The molecule has 1 atom stereocenters. The smallest absolute Gasteiger partial charge is 0.118 e. The first-order valence-electron chi connectivity index (χ1n) is 5.60. The summed E-state index contributed by atoms with van der Waals surface area (Å²) in [6.07, 6.45) is 2.38. The van der Waals surface area contributed by atoms with Crippen molar-refractivity contribution in [2.45, 2.75) is 25.7 Å². The van der Waals surface area contributed by atoms with E-state index < -0.39 is 0 Å². The zero-order valence-electron chi connectivity index (χ0n) is 9.92. The first-order valence-corrected chi connectivity index (χ1v) is 5.60. The van der Waals surface area contributed by atoms with Crippen molar-refractivity contribution in [3.63, 3.8) is 0 Å². The maximum Gasteiger partial charge on any atom is 0.118 e. The van der Waals surface area contributed by atoms with Gasteiger partial charge in [0, 0.05) is 0 Å². The van der Waals surface area contributed by atoms with Crippen molar-refractivity contribution in [3.8, 4) is 5.75 Å². The van der Waals surface area contributed by atoms with Crippen LogP contribution < -0.4 is 10.1 Å². The van der Waals surface area contributed by atoms with Gasteiger partial charge in [-0.25, -0.2) is 0 Å². The minimum absolute atomic E-state index is 0.656. The second kappa shape index (κ2) is 6.46. The van der Waals surface area contributed by atoms with E-state index in [4.69, 9.17) is 4.74 Å². The lowest BCUT2D eigenvalue weighted by molar-refractivity contribution is 0.414. The van der Waals surface area contributed by atoms with Crippen LogP contribution in [0.25, 0.3) is 0 Å². The summed E-state index contributed by atoms with van der Waals surface area (Å²) in [5, 5.41) is 3.20. The molecule has 1 N–H and O–H groups in total. The average Bonchev–Trinajstić information content (AvgIpc) is 2.31. The molecule has 0 bridgehead atoms. The lowest BCUT2D eigenvalue weighted by Gasteiger charge is -2.15. The van der Waals surface area contributed by atoms with Gasteiger partial charge in [-0.3, -0.25) is 0 Å². The van der Waals surface area contributed by atoms with Crippen LogP contribution in [0, 0.1) is 0 Å². The maximum absolute atomic E-state index is 5.15. The molecule has 0 aliphatic carbocycles. The van der Waals surface area contributed by atoms with Gasteiger partial charge >= 0.3 is 0 Å². The number of benzene rings is 1. The monoisotopic (exact) mass is 207 g/mol. The summed E-state index contributed by atoms with van der Waals surface area (Å²) in [6.45, 7) is 3.31. The molecule has 0 heterocycles. The number of hydrogen-bond donors (Lipinski definition) is 1. The highest BCUT2D eigenvalue weighted by atomic mass is 16.5. The van der Waals surface area contributed by atoms with Gasteiger partial charge in [0.1, 0.15) is 5.75 Å². The van der Waals surface area contributed by atoms with Crippen LogP contribution in [-0.4, -0.2) is 20.7 Å². The predicted molar refractivity (Wildman–Crippen MR) is 64.6 cm³/mol. The molecule has 1 aromatic rings. The Morgan fingerprint density at radius 3 is 2.40 bits per heavy atom. The lowest BCUT2D eigenvalue weighted by atomic mass is 9.93. The normalized spacial score (nSPS) is 12.5. The summed E-state index contributed by atoms with van der Waals surface area (Å²) in [5.41, 5.74) is 1.41. The second-order valence-electron chi connectivity index (χ2n) is 3.77. The van der Waals surface area contributed by atoms with Crippen molar-refractivity contribution in [2.75, 3.05) is 20.7 Å². The molecule has 84 valence electrons. The number of methoxy groups -OCH3 is 1. The van der Waals surface area contributed by atoms with Crippen LogP contribution in [0.2, 0.25) is 0 Å². The molecule has 0 aliphatic rings. The van der Waals surface area contributed by atoms with Gasteiger partial charge in [-0.05, 0) is 50.0 Å². The lowest BCUT2D eigenvalue weighted by Crippen LogP contribution is -2.11. The highest BCUT2D eigenvalue weighted by molar-refractivity contribution is 5.29. The molecule has 15 heavy (non-hydrogen) atoms. The summed E-state index contributed by atoms with van der Waals surface area (Å²) < 4.78 is 5.15. The highest BCUT2D eigenvalue weighted by Crippen LogP contribution is 2.24. The molecule has 0 spiro atoms. The van der Waals surface area contributed by atoms with Gasteiger partial charge in [0.2, 0.25) is 0 Å². The first-order chi connectivity index (χ1) is 7.31. The van der Waals surface area contributed by atoms with Crippen LogP contribution in [0.1, 0.15) is 31.2 Å². The average molecular weight is 207 g/mol. The topological polar surface area (TPSA) is 21.3 Å². The van der Waals surface area contributed by atoms with Gasteiger partial charge in [-0.15, -0.1) is 0 Å². The Bertz CT molecular complexity index is 268. The summed E-state index contributed by atoms with van der Waals surface area (Å²) in [7, 11) is 3.70. The van der Waals surface area contributed by atoms with Crippen LogP contribution >= 0.6 is 0 Å². The molecule has 1 rings (SSSR count). The Balaban J connectivity index is 2.65. The quantitative estimate of drug-likeness (QED) is 0.774. The molecule has 1 aromatic carbocycles. The Hall–Kier alpha value is -1.02. The standard InChI is InChI=1S/C13H21NO/c1-4-11(9-10-14-2)12-5-7-13(15-3)8-6-12/h5-8,11,14H,4,9-10H2,1-3H3. The minimum atomic E-state index is 0.656. The van der Waals surface area contributed by atoms with E-state index >= 15 is 0 Å². The van der Waals surface area contributed by atoms with Crippen molar-refractivity contribution in [1.82, 2.24) is 5.32 Å². The van der Waals surface area contributed by atoms with Crippen LogP contribution in [0.4, 0.5) is 0 Å². The Kier molecular flexibility index (Phi) is 5.19. The molecule has 0 radical (unpaired) electrons. The van der Waals surface area contributed by atoms with Crippen molar-refractivity contribution in [2.24, 2.45) is 0 Å². The van der Waals surface area contributed by atoms with Crippen LogP contribution in [0.15, 0.2) is 24.3 Å². The molecule has 2 heteroatoms. The molecule has 0 aromatic heterocycles. The molecule has 1 unspecified atom stereocenters. The van der Waals surface area contributed by atoms with Crippen molar-refractivity contribution < 1.29 is 4.74 Å². The van der Waals surface area contributed by atoms with E-state index in [1.807, 2.05) is 19.2 Å². The van der Waals surface area contributed by atoms with E-state index in [0.29, 0.717) is 5.92 Å². The number of rotatable bonds is 6. The van der Waals surface area contributed by atoms with Crippen LogP contribution in [0.5, 0.6) is 5.75 Å². The summed E-state index contributed by atoms with van der Waals surface area (Å²) >= 11 is 0. The van der Waals surface area contributed by atoms with E-state index in [9.17, 15) is 0 Å². The van der Waals surface area contributed by atoms with Gasteiger partial charge < -0.3 is 10.1 Å². The van der Waals surface area contributed by atoms with E-state index in [1.54, 1.807) is 7.11 Å². The molecule has 2 nitrogen and oxygen atoms in total. The fourth-order valence-corrected chi connectivity index (χ4v) is 1.80. The molecular weight excluding hydrogens is 186 g/mol. The summed E-state index contributed by atoms with van der Waals surface area (Å²) in [4.78, 5) is 0. The van der Waals surface area contributed by atoms with Gasteiger partial charge in [0.05, 0.1) is 7.11 Å². The summed E-state index contributed by atoms with van der Waals surface area (Å²) in [5.74, 6) is 1.59. The third-order valence-electron chi connectivity index (χ3n) is 2.82. The SMILES string of the molecule is CCC(CCNC)c1ccc(OC)cc1. The largest absolute Gasteiger partial charge is 0.497 e. The minimum Gasteiger partial charge on any atom is -0.497 e. The summed E-state index contributed by atoms with van der Waals surface area (Å²) in [6, 6.07) is 8.42. The highest BCUT2D eigenvalue weighted by Gasteiger charge is 2.08. The van der Waals surface area contributed by atoms with E-state index in [1.165, 1.54) is 18.4 Å². The molecule has 0 aliphatic heterocycles. The van der Waals surface area contributed by atoms with Crippen LogP contribution in [0.3, 0.4) is 0 Å². The number of ether oxygens (including phenoxy) is 1. The zero-order chi connectivity index (χ0) is 11.1. The Morgan fingerprint density at radius 1 is 1.27 bits per heavy atom. The van der Waals surface area contributed by atoms with Crippen molar-refractivity contribution in [3.05, 3.63) is 29.8 Å². The number of nitrogens with one attached hydrogen (secondary N) is 1.